The molecule has 0 amide bonds. The maximum Gasteiger partial charge on any atom is 0.145 e. The second-order valence-electron chi connectivity index (χ2n) is 8.74. The van der Waals surface area contributed by atoms with Gasteiger partial charge in [0.15, 0.2) is 0 Å². The highest BCUT2D eigenvalue weighted by atomic mass is 35.5. The number of benzene rings is 2. The molecule has 2 fully saturated rings. The number of hydrogen-bond acceptors (Lipinski definition) is 0. The maximum absolute atomic E-state index is 14.9. The number of allylic oxidation sites excluding steroid dienone is 2. The van der Waals surface area contributed by atoms with Gasteiger partial charge in [-0.1, -0.05) is 23.8 Å². The Labute approximate surface area is 179 Å². The Balaban J connectivity index is 1.56. The Morgan fingerprint density at radius 3 is 2.03 bits per heavy atom. The van der Waals surface area contributed by atoms with Crippen molar-refractivity contribution < 1.29 is 17.6 Å². The van der Waals surface area contributed by atoms with Crippen molar-refractivity contribution in [3.8, 4) is 11.1 Å². The lowest BCUT2D eigenvalue weighted by Crippen LogP contribution is -2.30. The van der Waals surface area contributed by atoms with Crippen LogP contribution in [0.5, 0.6) is 0 Å². The Hall–Kier alpha value is -1.81. The van der Waals surface area contributed by atoms with Crippen LogP contribution in [0.2, 0.25) is 5.02 Å². The summed E-state index contributed by atoms with van der Waals surface area (Å²) in [5.41, 5.74) is 0.0217. The third-order valence-electron chi connectivity index (χ3n) is 6.93. The first kappa shape index (κ1) is 21.4. The molecule has 0 heterocycles. The molecular formula is C25H25ClF4. The van der Waals surface area contributed by atoms with Gasteiger partial charge in [0.05, 0.1) is 5.56 Å². The molecule has 160 valence electrons. The predicted molar refractivity (Wildman–Crippen MR) is 112 cm³/mol. The molecule has 0 aliphatic heterocycles. The molecule has 0 nitrogen and oxygen atoms in total. The zero-order valence-corrected chi connectivity index (χ0v) is 17.7. The topological polar surface area (TPSA) is 0 Å². The monoisotopic (exact) mass is 436 g/mol. The first-order valence-electron chi connectivity index (χ1n) is 10.6. The van der Waals surface area contributed by atoms with Crippen LogP contribution in [0.3, 0.4) is 0 Å². The van der Waals surface area contributed by atoms with E-state index in [2.05, 4.69) is 19.1 Å². The third kappa shape index (κ3) is 4.16. The molecule has 4 rings (SSSR count). The van der Waals surface area contributed by atoms with Crippen molar-refractivity contribution >= 4 is 11.6 Å². The Bertz CT molecular complexity index is 922. The lowest BCUT2D eigenvalue weighted by Gasteiger charge is -2.42. The molecule has 0 spiro atoms. The van der Waals surface area contributed by atoms with Gasteiger partial charge in [-0.25, -0.2) is 17.6 Å². The van der Waals surface area contributed by atoms with Gasteiger partial charge in [-0.3, -0.25) is 0 Å². The first-order valence-corrected chi connectivity index (χ1v) is 11.0. The van der Waals surface area contributed by atoms with Crippen molar-refractivity contribution in [1.82, 2.24) is 0 Å². The summed E-state index contributed by atoms with van der Waals surface area (Å²) in [6.07, 6.45) is 10.9. The minimum atomic E-state index is -1.04. The van der Waals surface area contributed by atoms with Gasteiger partial charge in [-0.2, -0.15) is 0 Å². The second-order valence-corrected chi connectivity index (χ2v) is 9.12. The summed E-state index contributed by atoms with van der Waals surface area (Å²) in [5.74, 6) is -1.64. The van der Waals surface area contributed by atoms with Crippen molar-refractivity contribution in [3.05, 3.63) is 70.3 Å². The van der Waals surface area contributed by atoms with E-state index in [0.29, 0.717) is 23.3 Å². The molecule has 0 bridgehead atoms. The van der Waals surface area contributed by atoms with Gasteiger partial charge in [0.25, 0.3) is 0 Å². The lowest BCUT2D eigenvalue weighted by molar-refractivity contribution is 0.133. The smallest absolute Gasteiger partial charge is 0.145 e. The van der Waals surface area contributed by atoms with Crippen LogP contribution in [0.4, 0.5) is 17.6 Å². The summed E-state index contributed by atoms with van der Waals surface area (Å²) < 4.78 is 57.3. The van der Waals surface area contributed by atoms with E-state index < -0.39 is 33.9 Å². The summed E-state index contributed by atoms with van der Waals surface area (Å²) in [6.45, 7) is 2.06. The van der Waals surface area contributed by atoms with Gasteiger partial charge >= 0.3 is 0 Å². The van der Waals surface area contributed by atoms with Gasteiger partial charge in [0.2, 0.25) is 0 Å². The standard InChI is InChI=1S/C25H25ClF4/c1-2-3-14-4-5-16-9-17(7-6-15(16)8-14)18-10-20(27)24(21(28)11-18)19-12-22(29)25(26)23(30)13-19/h2-3,10-17H,4-9H2,1H3/b3-2+. The number of rotatable bonds is 3. The van der Waals surface area contributed by atoms with Crippen molar-refractivity contribution in [3.63, 3.8) is 0 Å². The van der Waals surface area contributed by atoms with Crippen LogP contribution >= 0.6 is 11.6 Å². The average molecular weight is 437 g/mol. The molecule has 4 unspecified atom stereocenters. The fraction of sp³-hybridized carbons (Fsp3) is 0.440. The molecule has 2 aliphatic rings. The summed E-state index contributed by atoms with van der Waals surface area (Å²) >= 11 is 5.48. The van der Waals surface area contributed by atoms with Crippen molar-refractivity contribution in [2.45, 2.75) is 51.4 Å². The van der Waals surface area contributed by atoms with E-state index in [0.717, 1.165) is 37.8 Å². The molecular weight excluding hydrogens is 412 g/mol. The molecule has 2 aromatic carbocycles. The summed E-state index contributed by atoms with van der Waals surface area (Å²) in [6, 6.07) is 4.39. The van der Waals surface area contributed by atoms with E-state index in [9.17, 15) is 17.6 Å². The molecule has 0 saturated heterocycles. The van der Waals surface area contributed by atoms with Crippen LogP contribution in [0.1, 0.15) is 56.9 Å². The minimum absolute atomic E-state index is 0.112. The highest BCUT2D eigenvalue weighted by Crippen LogP contribution is 2.48. The Morgan fingerprint density at radius 1 is 0.800 bits per heavy atom. The fourth-order valence-electron chi connectivity index (χ4n) is 5.48. The predicted octanol–water partition coefficient (Wildman–Crippen LogP) is 8.44. The largest absolute Gasteiger partial charge is 0.206 e. The second kappa shape index (κ2) is 8.74. The SMILES string of the molecule is C/C=C/C1CCC2CC(c3cc(F)c(-c4cc(F)c(Cl)c(F)c4)c(F)c3)CCC2C1. The van der Waals surface area contributed by atoms with E-state index >= 15 is 0 Å². The van der Waals surface area contributed by atoms with E-state index in [-0.39, 0.29) is 11.5 Å². The highest BCUT2D eigenvalue weighted by molar-refractivity contribution is 6.31. The normalized spacial score (nSPS) is 26.7. The van der Waals surface area contributed by atoms with Gasteiger partial charge in [-0.15, -0.1) is 0 Å². The van der Waals surface area contributed by atoms with Gasteiger partial charge in [0.1, 0.15) is 28.3 Å². The van der Waals surface area contributed by atoms with Crippen LogP contribution in [0.25, 0.3) is 11.1 Å². The van der Waals surface area contributed by atoms with Crippen LogP contribution < -0.4 is 0 Å². The van der Waals surface area contributed by atoms with Crippen LogP contribution in [0.15, 0.2) is 36.4 Å². The molecule has 2 aliphatic carbocycles. The zero-order valence-electron chi connectivity index (χ0n) is 16.9. The van der Waals surface area contributed by atoms with E-state index in [4.69, 9.17) is 11.6 Å². The van der Waals surface area contributed by atoms with Crippen LogP contribution in [0, 0.1) is 41.0 Å². The Kier molecular flexibility index (Phi) is 6.24. The van der Waals surface area contributed by atoms with Crippen LogP contribution in [-0.4, -0.2) is 0 Å². The summed E-state index contributed by atoms with van der Waals surface area (Å²) in [4.78, 5) is 0. The van der Waals surface area contributed by atoms with E-state index in [1.807, 2.05) is 0 Å². The van der Waals surface area contributed by atoms with Gasteiger partial charge in [0, 0.05) is 0 Å². The van der Waals surface area contributed by atoms with Gasteiger partial charge in [-0.05, 0) is 105 Å². The molecule has 4 atom stereocenters. The van der Waals surface area contributed by atoms with Crippen molar-refractivity contribution in [2.75, 3.05) is 0 Å². The molecule has 30 heavy (non-hydrogen) atoms. The molecule has 2 saturated carbocycles. The third-order valence-corrected chi connectivity index (χ3v) is 7.29. The van der Waals surface area contributed by atoms with Crippen molar-refractivity contribution in [1.29, 1.82) is 0 Å². The first-order chi connectivity index (χ1) is 14.4. The lowest BCUT2D eigenvalue weighted by atomic mass is 9.64. The molecule has 0 N–H and O–H groups in total. The van der Waals surface area contributed by atoms with E-state index in [1.54, 1.807) is 0 Å². The van der Waals surface area contributed by atoms with Gasteiger partial charge < -0.3 is 0 Å². The summed E-state index contributed by atoms with van der Waals surface area (Å²) in [5, 5.41) is -0.683. The highest BCUT2D eigenvalue weighted by Gasteiger charge is 2.35. The molecule has 0 radical (unpaired) electrons. The summed E-state index contributed by atoms with van der Waals surface area (Å²) in [7, 11) is 0. The average Bonchev–Trinajstić information content (AvgIpc) is 2.71. The number of fused-ring (bicyclic) bond motifs is 1. The molecule has 0 aromatic heterocycles. The number of hydrogen-bond donors (Lipinski definition) is 0. The maximum atomic E-state index is 14.9. The minimum Gasteiger partial charge on any atom is -0.206 e. The quantitative estimate of drug-likeness (QED) is 0.257. The molecule has 5 heteroatoms. The number of halogens is 5. The fourth-order valence-corrected chi connectivity index (χ4v) is 5.59. The van der Waals surface area contributed by atoms with Crippen LogP contribution in [-0.2, 0) is 0 Å². The molecule has 2 aromatic rings. The van der Waals surface area contributed by atoms with Crippen molar-refractivity contribution in [2.24, 2.45) is 17.8 Å². The zero-order chi connectivity index (χ0) is 21.4. The van der Waals surface area contributed by atoms with E-state index in [1.165, 1.54) is 25.0 Å². The Morgan fingerprint density at radius 2 is 1.40 bits per heavy atom.